The van der Waals surface area contributed by atoms with E-state index < -0.39 is 10.1 Å². The Labute approximate surface area is 109 Å². The van der Waals surface area contributed by atoms with Crippen molar-refractivity contribution in [3.8, 4) is 5.75 Å². The van der Waals surface area contributed by atoms with Gasteiger partial charge in [0.05, 0.1) is 11.8 Å². The topological polar surface area (TPSA) is 60.0 Å². The highest BCUT2D eigenvalue weighted by Gasteiger charge is 2.10. The Kier molecular flexibility index (Phi) is 5.62. The average Bonchev–Trinajstić information content (AvgIpc) is 2.36. The number of rotatable bonds is 7. The van der Waals surface area contributed by atoms with Crippen molar-refractivity contribution in [3.63, 3.8) is 0 Å². The molecule has 0 saturated heterocycles. The van der Waals surface area contributed by atoms with E-state index in [0.717, 1.165) is 18.5 Å². The molecule has 0 aromatic heterocycles. The van der Waals surface area contributed by atoms with Crippen molar-refractivity contribution in [1.29, 1.82) is 0 Å². The van der Waals surface area contributed by atoms with Gasteiger partial charge in [0, 0.05) is 5.56 Å². The molecule has 0 aliphatic carbocycles. The molecule has 1 aromatic rings. The zero-order valence-electron chi connectivity index (χ0n) is 11.2. The Bertz CT molecular complexity index is 471. The highest BCUT2D eigenvalue weighted by atomic mass is 32.2. The van der Waals surface area contributed by atoms with Gasteiger partial charge in [0.25, 0.3) is 0 Å². The average molecular weight is 272 g/mol. The molecule has 0 fully saturated rings. The number of nitrogens with two attached hydrogens (primary N) is 1. The van der Waals surface area contributed by atoms with Crippen LogP contribution < -0.4 is 9.50 Å². The van der Waals surface area contributed by atoms with Crippen molar-refractivity contribution in [1.82, 2.24) is 0 Å². The normalized spacial score (nSPS) is 13.3. The molecule has 0 saturated carbocycles. The van der Waals surface area contributed by atoms with Crippen LogP contribution >= 0.6 is 0 Å². The summed E-state index contributed by atoms with van der Waals surface area (Å²) >= 11 is 0. The first-order valence-corrected chi connectivity index (χ1v) is 7.89. The Hall–Kier alpha value is -1.07. The summed E-state index contributed by atoms with van der Waals surface area (Å²) in [5, 5.41) is 2.23. The molecule has 0 aliphatic rings. The molecule has 0 unspecified atom stereocenters. The summed E-state index contributed by atoms with van der Waals surface area (Å²) in [5.41, 5.74) is 1.07. The molecule has 0 amide bonds. The highest BCUT2D eigenvalue weighted by Crippen LogP contribution is 2.15. The molecule has 0 radical (unpaired) electrons. The second kappa shape index (κ2) is 6.75. The van der Waals surface area contributed by atoms with E-state index >= 15 is 0 Å². The molecule has 102 valence electrons. The molecule has 1 aromatic carbocycles. The van der Waals surface area contributed by atoms with E-state index in [1.165, 1.54) is 0 Å². The van der Waals surface area contributed by atoms with E-state index in [4.69, 9.17) is 4.18 Å². The van der Waals surface area contributed by atoms with Gasteiger partial charge in [0.15, 0.2) is 0 Å². The summed E-state index contributed by atoms with van der Waals surface area (Å²) in [7, 11) is -3.44. The lowest BCUT2D eigenvalue weighted by molar-refractivity contribution is -0.701. The molecule has 0 bridgehead atoms. The molecular weight excluding hydrogens is 250 g/mol. The molecule has 18 heavy (non-hydrogen) atoms. The summed E-state index contributed by atoms with van der Waals surface area (Å²) < 4.78 is 27.7. The summed E-state index contributed by atoms with van der Waals surface area (Å²) in [6.07, 6.45) is 1.11. The van der Waals surface area contributed by atoms with Gasteiger partial charge in [-0.05, 0) is 32.4 Å². The number of benzene rings is 1. The van der Waals surface area contributed by atoms with Crippen molar-refractivity contribution < 1.29 is 17.9 Å². The molecule has 0 heterocycles. The monoisotopic (exact) mass is 272 g/mol. The Morgan fingerprint density at radius 2 is 2.06 bits per heavy atom. The Morgan fingerprint density at radius 1 is 1.33 bits per heavy atom. The van der Waals surface area contributed by atoms with Crippen molar-refractivity contribution in [2.24, 2.45) is 0 Å². The number of quaternary nitrogens is 1. The van der Waals surface area contributed by atoms with Crippen molar-refractivity contribution in [2.75, 3.05) is 5.75 Å². The van der Waals surface area contributed by atoms with Gasteiger partial charge < -0.3 is 9.50 Å². The molecular formula is C13H22NO3S+. The van der Waals surface area contributed by atoms with Gasteiger partial charge in [0.2, 0.25) is 0 Å². The smallest absolute Gasteiger partial charge is 0.308 e. The van der Waals surface area contributed by atoms with Gasteiger partial charge in [-0.3, -0.25) is 0 Å². The predicted octanol–water partition coefficient (Wildman–Crippen LogP) is 1.28. The molecule has 5 heteroatoms. The van der Waals surface area contributed by atoms with E-state index in [-0.39, 0.29) is 5.75 Å². The minimum Gasteiger partial charge on any atom is -0.382 e. The lowest BCUT2D eigenvalue weighted by Gasteiger charge is -2.09. The SMILES string of the molecule is CC[C@@H](C)[NH2+]Cc1cccc(OS(=O)(=O)CC)c1. The van der Waals surface area contributed by atoms with Crippen LogP contribution in [0, 0.1) is 0 Å². The van der Waals surface area contributed by atoms with Gasteiger partial charge >= 0.3 is 10.1 Å². The van der Waals surface area contributed by atoms with Gasteiger partial charge in [-0.25, -0.2) is 0 Å². The molecule has 0 aliphatic heterocycles. The molecule has 1 atom stereocenters. The first kappa shape index (κ1) is 15.0. The first-order chi connectivity index (χ1) is 8.46. The van der Waals surface area contributed by atoms with Crippen LogP contribution in [0.5, 0.6) is 5.75 Å². The van der Waals surface area contributed by atoms with E-state index in [1.807, 2.05) is 12.1 Å². The quantitative estimate of drug-likeness (QED) is 0.761. The van der Waals surface area contributed by atoms with Crippen molar-refractivity contribution in [2.45, 2.75) is 39.8 Å². The maximum Gasteiger partial charge on any atom is 0.308 e. The van der Waals surface area contributed by atoms with E-state index in [1.54, 1.807) is 19.1 Å². The molecule has 0 spiro atoms. The summed E-state index contributed by atoms with van der Waals surface area (Å²) in [4.78, 5) is 0. The third kappa shape index (κ3) is 5.06. The second-order valence-corrected chi connectivity index (χ2v) is 6.26. The van der Waals surface area contributed by atoms with Gasteiger partial charge in [-0.15, -0.1) is 0 Å². The van der Waals surface area contributed by atoms with E-state index in [9.17, 15) is 8.42 Å². The van der Waals surface area contributed by atoms with Crippen LogP contribution in [0.4, 0.5) is 0 Å². The van der Waals surface area contributed by atoms with Gasteiger partial charge in [-0.1, -0.05) is 19.1 Å². The molecule has 2 N–H and O–H groups in total. The predicted molar refractivity (Wildman–Crippen MR) is 71.9 cm³/mol. The fourth-order valence-electron chi connectivity index (χ4n) is 1.43. The van der Waals surface area contributed by atoms with Crippen LogP contribution in [0.15, 0.2) is 24.3 Å². The minimum atomic E-state index is -3.44. The van der Waals surface area contributed by atoms with Crippen molar-refractivity contribution >= 4 is 10.1 Å². The first-order valence-electron chi connectivity index (χ1n) is 6.31. The van der Waals surface area contributed by atoms with Crippen LogP contribution in [-0.2, 0) is 16.7 Å². The summed E-state index contributed by atoms with van der Waals surface area (Å²) in [6, 6.07) is 7.81. The third-order valence-electron chi connectivity index (χ3n) is 2.88. The Balaban J connectivity index is 2.68. The zero-order valence-corrected chi connectivity index (χ0v) is 12.0. The Morgan fingerprint density at radius 3 is 2.67 bits per heavy atom. The third-order valence-corrected chi connectivity index (χ3v) is 4.03. The van der Waals surface area contributed by atoms with E-state index in [2.05, 4.69) is 19.2 Å². The maximum absolute atomic E-state index is 11.4. The minimum absolute atomic E-state index is 0.0176. The second-order valence-electron chi connectivity index (χ2n) is 4.40. The number of hydrogen-bond acceptors (Lipinski definition) is 3. The van der Waals surface area contributed by atoms with Gasteiger partial charge in [0.1, 0.15) is 12.3 Å². The zero-order chi connectivity index (χ0) is 13.6. The van der Waals surface area contributed by atoms with Crippen LogP contribution in [0.25, 0.3) is 0 Å². The maximum atomic E-state index is 11.4. The lowest BCUT2D eigenvalue weighted by Crippen LogP contribution is -2.87. The summed E-state index contributed by atoms with van der Waals surface area (Å²) in [6.45, 7) is 6.71. The van der Waals surface area contributed by atoms with Crippen LogP contribution in [0.2, 0.25) is 0 Å². The van der Waals surface area contributed by atoms with E-state index in [0.29, 0.717) is 11.8 Å². The van der Waals surface area contributed by atoms with Crippen LogP contribution in [-0.4, -0.2) is 20.2 Å². The highest BCUT2D eigenvalue weighted by molar-refractivity contribution is 7.87. The fourth-order valence-corrected chi connectivity index (χ4v) is 1.95. The number of hydrogen-bond donors (Lipinski definition) is 1. The summed E-state index contributed by atoms with van der Waals surface area (Å²) in [5.74, 6) is 0.378. The largest absolute Gasteiger partial charge is 0.382 e. The molecule has 1 rings (SSSR count). The van der Waals surface area contributed by atoms with Crippen LogP contribution in [0.1, 0.15) is 32.8 Å². The fraction of sp³-hybridized carbons (Fsp3) is 0.538. The standard InChI is InChI=1S/C13H21NO3S/c1-4-11(3)14-10-12-7-6-8-13(9-12)17-18(15,16)5-2/h6-9,11,14H,4-5,10H2,1-3H3/p+1/t11-/m1/s1. The lowest BCUT2D eigenvalue weighted by atomic mass is 10.2. The van der Waals surface area contributed by atoms with Gasteiger partial charge in [-0.2, -0.15) is 8.42 Å². The van der Waals surface area contributed by atoms with Crippen molar-refractivity contribution in [3.05, 3.63) is 29.8 Å². The van der Waals surface area contributed by atoms with Crippen LogP contribution in [0.3, 0.4) is 0 Å². The molecule has 4 nitrogen and oxygen atoms in total.